The lowest BCUT2D eigenvalue weighted by molar-refractivity contribution is 0.563. The summed E-state index contributed by atoms with van der Waals surface area (Å²) in [6.45, 7) is 2.90. The Morgan fingerprint density at radius 3 is 1.50 bits per heavy atom. The summed E-state index contributed by atoms with van der Waals surface area (Å²) in [7, 11) is 0. The van der Waals surface area contributed by atoms with E-state index in [1.165, 1.54) is 0 Å². The molecule has 0 aromatic heterocycles. The second kappa shape index (κ2) is 44.5. The van der Waals surface area contributed by atoms with Gasteiger partial charge in [0.15, 0.2) is 0 Å². The van der Waals surface area contributed by atoms with Crippen molar-refractivity contribution in [2.75, 3.05) is 0 Å². The molecule has 0 heterocycles. The largest absolute Gasteiger partial charge is 0.259 e. The summed E-state index contributed by atoms with van der Waals surface area (Å²) < 4.78 is 0. The van der Waals surface area contributed by atoms with Crippen LogP contribution in [0.1, 0.15) is 0 Å². The molecule has 0 aromatic rings. The van der Waals surface area contributed by atoms with Crippen LogP contribution >= 0.6 is 0 Å². The molecule has 2 N–H and O–H groups in total. The van der Waals surface area contributed by atoms with Crippen molar-refractivity contribution in [3.8, 4) is 0 Å². The number of hydrogen-bond donors (Lipinski definition) is 2. The van der Waals surface area contributed by atoms with Gasteiger partial charge in [0.2, 0.25) is 6.08 Å². The molecule has 0 aliphatic carbocycles. The Kier molecular flexibility index (Phi) is 65.7. The fourth-order valence-corrected chi connectivity index (χ4v) is 0. The van der Waals surface area contributed by atoms with Crippen LogP contribution in [0, 0.1) is 10.8 Å². The van der Waals surface area contributed by atoms with Crippen molar-refractivity contribution in [3.05, 3.63) is 6.58 Å². The van der Waals surface area contributed by atoms with Crippen LogP contribution in [0.2, 0.25) is 0 Å². The third-order valence-electron chi connectivity index (χ3n) is 0. The lowest BCUT2D eigenvalue weighted by atomic mass is 11.2. The van der Waals surface area contributed by atoms with Crippen molar-refractivity contribution in [1.82, 2.24) is 0 Å². The molecular weight excluding hydrogens is 80.0 g/mol. The van der Waals surface area contributed by atoms with E-state index in [0.717, 1.165) is 6.08 Å². The maximum Gasteiger partial charge on any atom is 0.231 e. The van der Waals surface area contributed by atoms with Gasteiger partial charge in [0, 0.05) is 0 Å². The van der Waals surface area contributed by atoms with Crippen molar-refractivity contribution in [2.45, 2.75) is 0 Å². The second-order valence-corrected chi connectivity index (χ2v) is 0.279. The van der Waals surface area contributed by atoms with Gasteiger partial charge in [-0.15, -0.1) is 0 Å². The van der Waals surface area contributed by atoms with Crippen LogP contribution in [0.25, 0.3) is 0 Å². The minimum absolute atomic E-state index is 0.750. The zero-order chi connectivity index (χ0) is 5.41. The first-order chi connectivity index (χ1) is 2.83. The SMILES string of the molecule is C=C=N.N=C=O. The Hall–Kier alpha value is -1.17. The van der Waals surface area contributed by atoms with E-state index in [1.54, 1.807) is 5.87 Å². The Morgan fingerprint density at radius 2 is 1.50 bits per heavy atom. The van der Waals surface area contributed by atoms with Gasteiger partial charge in [-0.05, 0) is 12.4 Å². The first-order valence-corrected chi connectivity index (χ1v) is 1.06. The van der Waals surface area contributed by atoms with E-state index in [1.807, 2.05) is 0 Å². The summed E-state index contributed by atoms with van der Waals surface area (Å²) in [6.07, 6.45) is 0.750. The van der Waals surface area contributed by atoms with Crippen LogP contribution in [0.15, 0.2) is 6.58 Å². The molecule has 0 aromatic carbocycles. The molecule has 0 rings (SSSR count). The summed E-state index contributed by atoms with van der Waals surface area (Å²) in [5.41, 5.74) is 0. The quantitative estimate of drug-likeness (QED) is 0.322. The topological polar surface area (TPSA) is 64.8 Å². The molecule has 0 unspecified atom stereocenters. The first-order valence-electron chi connectivity index (χ1n) is 1.06. The summed E-state index contributed by atoms with van der Waals surface area (Å²) in [4.78, 5) is 8.35. The standard InChI is InChI=1S/C2H3N.CHNO/c1-2-3;2-1-3/h3H,1H2;2H. The number of carbonyl (C=O) groups excluding carboxylic acids is 1. The zero-order valence-electron chi connectivity index (χ0n) is 3.12. The lowest BCUT2D eigenvalue weighted by Crippen LogP contribution is -1.16. The molecule has 0 atom stereocenters. The molecule has 0 bridgehead atoms. The van der Waals surface area contributed by atoms with Crippen LogP contribution in [0.3, 0.4) is 0 Å². The van der Waals surface area contributed by atoms with E-state index >= 15 is 0 Å². The van der Waals surface area contributed by atoms with Crippen molar-refractivity contribution >= 4 is 11.9 Å². The number of isocyanates is 1. The van der Waals surface area contributed by atoms with Gasteiger partial charge in [0.05, 0.1) is 0 Å². The van der Waals surface area contributed by atoms with E-state index < -0.39 is 0 Å². The number of nitrogens with one attached hydrogen (secondary N) is 2. The zero-order valence-corrected chi connectivity index (χ0v) is 3.12. The molecule has 32 valence electrons. The van der Waals surface area contributed by atoms with Gasteiger partial charge < -0.3 is 0 Å². The summed E-state index contributed by atoms with van der Waals surface area (Å²) in [6, 6.07) is 0. The second-order valence-electron chi connectivity index (χ2n) is 0.279. The molecule has 0 aliphatic heterocycles. The van der Waals surface area contributed by atoms with E-state index in [0.29, 0.717) is 0 Å². The molecule has 0 saturated heterocycles. The van der Waals surface area contributed by atoms with Crippen LogP contribution in [-0.2, 0) is 4.79 Å². The van der Waals surface area contributed by atoms with Crippen molar-refractivity contribution in [3.63, 3.8) is 0 Å². The van der Waals surface area contributed by atoms with Crippen molar-refractivity contribution in [2.24, 2.45) is 0 Å². The predicted molar refractivity (Wildman–Crippen MR) is 21.8 cm³/mol. The van der Waals surface area contributed by atoms with E-state index in [2.05, 4.69) is 6.58 Å². The Bertz CT molecular complexity index is 62.8. The number of rotatable bonds is 0. The van der Waals surface area contributed by atoms with Crippen LogP contribution in [-0.4, -0.2) is 11.9 Å². The number of hydrogen-bond acceptors (Lipinski definition) is 3. The maximum atomic E-state index is 8.35. The van der Waals surface area contributed by atoms with Gasteiger partial charge in [-0.2, -0.15) is 0 Å². The van der Waals surface area contributed by atoms with Crippen LogP contribution in [0.4, 0.5) is 0 Å². The minimum atomic E-state index is 0.750. The van der Waals surface area contributed by atoms with Crippen LogP contribution in [0.5, 0.6) is 0 Å². The van der Waals surface area contributed by atoms with E-state index in [-0.39, 0.29) is 0 Å². The van der Waals surface area contributed by atoms with E-state index in [9.17, 15) is 0 Å². The first kappa shape index (κ1) is 8.85. The average molecular weight is 84.1 g/mol. The van der Waals surface area contributed by atoms with Crippen molar-refractivity contribution < 1.29 is 4.79 Å². The predicted octanol–water partition coefficient (Wildman–Crippen LogP) is 0.322. The summed E-state index contributed by atoms with van der Waals surface area (Å²) in [5, 5.41) is 11.2. The Labute approximate surface area is 35.3 Å². The van der Waals surface area contributed by atoms with Gasteiger partial charge in [-0.3, -0.25) is 5.41 Å². The Morgan fingerprint density at radius 1 is 1.50 bits per heavy atom. The summed E-state index contributed by atoms with van der Waals surface area (Å²) >= 11 is 0. The molecule has 0 spiro atoms. The molecular formula is C3H4N2O. The average Bonchev–Trinajstić information content (AvgIpc) is 1.39. The highest BCUT2D eigenvalue weighted by atomic mass is 16.1. The molecule has 0 fully saturated rings. The highest BCUT2D eigenvalue weighted by Crippen LogP contribution is 0.942. The fourth-order valence-electron chi connectivity index (χ4n) is 0. The van der Waals surface area contributed by atoms with Gasteiger partial charge in [-0.25, -0.2) is 10.2 Å². The maximum absolute atomic E-state index is 8.35. The van der Waals surface area contributed by atoms with E-state index in [4.69, 9.17) is 15.6 Å². The third-order valence-corrected chi connectivity index (χ3v) is 0. The van der Waals surface area contributed by atoms with Crippen molar-refractivity contribution in [1.29, 1.82) is 10.8 Å². The highest BCUT2D eigenvalue weighted by molar-refractivity contribution is 5.41. The lowest BCUT2D eigenvalue weighted by Gasteiger charge is -1.10. The molecule has 3 nitrogen and oxygen atoms in total. The third kappa shape index (κ3) is 6.92. The van der Waals surface area contributed by atoms with Gasteiger partial charge in [0.1, 0.15) is 0 Å². The molecule has 0 saturated carbocycles. The fraction of sp³-hybridized carbons (Fsp3) is 0. The van der Waals surface area contributed by atoms with Gasteiger partial charge in [-0.1, -0.05) is 0 Å². The smallest absolute Gasteiger partial charge is 0.231 e. The summed E-state index contributed by atoms with van der Waals surface area (Å²) in [5.74, 6) is 1.75. The molecule has 0 amide bonds. The van der Waals surface area contributed by atoms with Crippen LogP contribution < -0.4 is 0 Å². The normalized spacial score (nSPS) is 2.67. The monoisotopic (exact) mass is 84.0 g/mol. The molecule has 3 heteroatoms. The highest BCUT2D eigenvalue weighted by Gasteiger charge is 1.03. The Balaban J connectivity index is 0. The molecule has 0 radical (unpaired) electrons. The minimum Gasteiger partial charge on any atom is -0.259 e. The molecule has 6 heavy (non-hydrogen) atoms. The van der Waals surface area contributed by atoms with Gasteiger partial charge in [0.25, 0.3) is 0 Å². The molecule has 0 aliphatic rings. The van der Waals surface area contributed by atoms with Gasteiger partial charge >= 0.3 is 0 Å².